The number of rotatable bonds is 9. The number of ether oxygens (including phenoxy) is 1. The van der Waals surface area contributed by atoms with Crippen LogP contribution in [0.4, 0.5) is 0 Å². The van der Waals surface area contributed by atoms with Crippen molar-refractivity contribution >= 4 is 16.9 Å². The number of hydrogen-bond acceptors (Lipinski definition) is 3. The van der Waals surface area contributed by atoms with E-state index in [0.29, 0.717) is 31.2 Å². The summed E-state index contributed by atoms with van der Waals surface area (Å²) in [7, 11) is 0. The average Bonchev–Trinajstić information content (AvgIpc) is 3.09. The van der Waals surface area contributed by atoms with E-state index in [4.69, 9.17) is 4.74 Å². The van der Waals surface area contributed by atoms with Crippen molar-refractivity contribution in [2.45, 2.75) is 46.2 Å². The molecule has 29 heavy (non-hydrogen) atoms. The van der Waals surface area contributed by atoms with Crippen molar-refractivity contribution in [3.63, 3.8) is 0 Å². The smallest absolute Gasteiger partial charge is 0.246 e. The van der Waals surface area contributed by atoms with Gasteiger partial charge in [-0.1, -0.05) is 44.7 Å². The second kappa shape index (κ2) is 9.41. The monoisotopic (exact) mass is 391 g/mol. The van der Waals surface area contributed by atoms with Crippen LogP contribution in [0, 0.1) is 0 Å². The molecule has 1 unspecified atom stereocenters. The molecule has 0 spiro atoms. The first-order valence-electron chi connectivity index (χ1n) is 10.1. The fourth-order valence-electron chi connectivity index (χ4n) is 3.20. The molecule has 3 aromatic rings. The van der Waals surface area contributed by atoms with Crippen molar-refractivity contribution < 1.29 is 9.53 Å². The van der Waals surface area contributed by atoms with E-state index >= 15 is 0 Å². The Balaban J connectivity index is 1.69. The van der Waals surface area contributed by atoms with Gasteiger partial charge in [0.2, 0.25) is 5.91 Å². The molecule has 1 aromatic heterocycles. The first kappa shape index (κ1) is 20.6. The van der Waals surface area contributed by atoms with E-state index < -0.39 is 0 Å². The van der Waals surface area contributed by atoms with E-state index in [2.05, 4.69) is 47.4 Å². The number of nitrogens with one attached hydrogen (secondary N) is 1. The van der Waals surface area contributed by atoms with Crippen molar-refractivity contribution in [3.8, 4) is 5.75 Å². The molecule has 1 N–H and O–H groups in total. The first-order chi connectivity index (χ1) is 14.0. The Morgan fingerprint density at radius 1 is 1.21 bits per heavy atom. The van der Waals surface area contributed by atoms with Crippen LogP contribution in [0.15, 0.2) is 60.7 Å². The van der Waals surface area contributed by atoms with Gasteiger partial charge in [-0.15, -0.1) is 0 Å². The number of fused-ring (bicyclic) bond motifs is 1. The zero-order valence-electron chi connectivity index (χ0n) is 17.4. The lowest BCUT2D eigenvalue weighted by atomic mass is 9.99. The molecule has 152 valence electrons. The summed E-state index contributed by atoms with van der Waals surface area (Å²) in [5.41, 5.74) is 3.75. The molecule has 0 aliphatic rings. The van der Waals surface area contributed by atoms with Gasteiger partial charge in [0.1, 0.15) is 18.2 Å². The third kappa shape index (κ3) is 5.05. The van der Waals surface area contributed by atoms with Gasteiger partial charge in [0.15, 0.2) is 0 Å². The Kier molecular flexibility index (Phi) is 6.70. The van der Waals surface area contributed by atoms with Crippen molar-refractivity contribution in [2.75, 3.05) is 6.61 Å². The van der Waals surface area contributed by atoms with Crippen LogP contribution >= 0.6 is 0 Å². The Labute approximate surface area is 172 Å². The molecule has 2 aromatic carbocycles. The van der Waals surface area contributed by atoms with Gasteiger partial charge in [-0.25, -0.2) is 4.98 Å². The lowest BCUT2D eigenvalue weighted by Gasteiger charge is -2.13. The predicted octanol–water partition coefficient (Wildman–Crippen LogP) is 4.82. The Bertz CT molecular complexity index is 989. The van der Waals surface area contributed by atoms with Crippen molar-refractivity contribution in [1.29, 1.82) is 0 Å². The molecule has 1 heterocycles. The summed E-state index contributed by atoms with van der Waals surface area (Å²) in [6.45, 7) is 11.3. The highest BCUT2D eigenvalue weighted by molar-refractivity contribution is 5.92. The quantitative estimate of drug-likeness (QED) is 0.532. The van der Waals surface area contributed by atoms with Crippen LogP contribution in [0.25, 0.3) is 11.0 Å². The topological polar surface area (TPSA) is 56.2 Å². The molecule has 0 fully saturated rings. The van der Waals surface area contributed by atoms with Gasteiger partial charge < -0.3 is 14.6 Å². The van der Waals surface area contributed by atoms with E-state index in [1.165, 1.54) is 5.56 Å². The Morgan fingerprint density at radius 3 is 2.62 bits per heavy atom. The number of amides is 1. The van der Waals surface area contributed by atoms with Gasteiger partial charge in [0, 0.05) is 5.57 Å². The van der Waals surface area contributed by atoms with E-state index in [1.807, 2.05) is 36.4 Å². The normalized spacial score (nSPS) is 12.0. The summed E-state index contributed by atoms with van der Waals surface area (Å²) >= 11 is 0. The molecule has 0 saturated carbocycles. The summed E-state index contributed by atoms with van der Waals surface area (Å²) < 4.78 is 8.06. The number of imidazole rings is 1. The minimum absolute atomic E-state index is 0.166. The average molecular weight is 392 g/mol. The number of hydrogen-bond donors (Lipinski definition) is 1. The lowest BCUT2D eigenvalue weighted by Crippen LogP contribution is -2.25. The molecular weight excluding hydrogens is 362 g/mol. The third-order valence-corrected chi connectivity index (χ3v) is 5.17. The van der Waals surface area contributed by atoms with Crippen LogP contribution in [-0.4, -0.2) is 22.1 Å². The van der Waals surface area contributed by atoms with E-state index in [9.17, 15) is 4.79 Å². The van der Waals surface area contributed by atoms with Crippen molar-refractivity contribution in [3.05, 3.63) is 72.1 Å². The number of carbonyl (C=O) groups is 1. The molecule has 0 radical (unpaired) electrons. The Morgan fingerprint density at radius 2 is 1.93 bits per heavy atom. The first-order valence-corrected chi connectivity index (χ1v) is 10.1. The van der Waals surface area contributed by atoms with Crippen LogP contribution in [0.5, 0.6) is 5.75 Å². The lowest BCUT2D eigenvalue weighted by molar-refractivity contribution is -0.117. The zero-order valence-corrected chi connectivity index (χ0v) is 17.4. The maximum absolute atomic E-state index is 11.9. The highest BCUT2D eigenvalue weighted by Crippen LogP contribution is 2.22. The molecule has 5 nitrogen and oxygen atoms in total. The highest BCUT2D eigenvalue weighted by Gasteiger charge is 2.12. The van der Waals surface area contributed by atoms with E-state index in [1.54, 1.807) is 6.92 Å². The number of carbonyl (C=O) groups excluding carboxylic acids is 1. The fraction of sp³-hybridized carbons (Fsp3) is 0.333. The van der Waals surface area contributed by atoms with Crippen molar-refractivity contribution in [1.82, 2.24) is 14.9 Å². The van der Waals surface area contributed by atoms with Crippen molar-refractivity contribution in [2.24, 2.45) is 0 Å². The van der Waals surface area contributed by atoms with Gasteiger partial charge in [-0.2, -0.15) is 0 Å². The highest BCUT2D eigenvalue weighted by atomic mass is 16.5. The second-order valence-corrected chi connectivity index (χ2v) is 7.36. The van der Waals surface area contributed by atoms with Gasteiger partial charge in [0.05, 0.1) is 24.1 Å². The molecule has 0 saturated heterocycles. The zero-order chi connectivity index (χ0) is 20.8. The second-order valence-electron chi connectivity index (χ2n) is 7.36. The van der Waals surface area contributed by atoms with Crippen LogP contribution in [0.3, 0.4) is 0 Å². The van der Waals surface area contributed by atoms with Crippen LogP contribution < -0.4 is 10.1 Å². The number of nitrogens with zero attached hydrogens (tertiary/aromatic N) is 2. The maximum atomic E-state index is 11.9. The van der Waals surface area contributed by atoms with E-state index in [-0.39, 0.29) is 5.91 Å². The molecule has 1 amide bonds. The van der Waals surface area contributed by atoms with Crippen LogP contribution in [0.2, 0.25) is 0 Å². The summed E-state index contributed by atoms with van der Waals surface area (Å²) in [4.78, 5) is 16.5. The molecule has 1 atom stereocenters. The van der Waals surface area contributed by atoms with Crippen LogP contribution in [-0.2, 0) is 17.9 Å². The molecule has 0 bridgehead atoms. The minimum Gasteiger partial charge on any atom is -0.492 e. The summed E-state index contributed by atoms with van der Waals surface area (Å²) in [5, 5.41) is 2.87. The number of benzene rings is 2. The summed E-state index contributed by atoms with van der Waals surface area (Å²) in [6.07, 6.45) is 1.12. The number of para-hydroxylation sites is 2. The molecule has 0 aliphatic heterocycles. The summed E-state index contributed by atoms with van der Waals surface area (Å²) in [6, 6.07) is 16.3. The number of aromatic nitrogens is 2. The SMILES string of the molecule is C=C(C)C(=O)NCc1nc2ccccc2n1CCOc1ccc(C(C)CC)cc1. The molecule has 3 rings (SSSR count). The van der Waals surface area contributed by atoms with Gasteiger partial charge in [-0.05, 0) is 49.1 Å². The summed E-state index contributed by atoms with van der Waals surface area (Å²) in [5.74, 6) is 2.05. The van der Waals surface area contributed by atoms with Gasteiger partial charge in [0.25, 0.3) is 0 Å². The third-order valence-electron chi connectivity index (χ3n) is 5.17. The Hall–Kier alpha value is -3.08. The fourth-order valence-corrected chi connectivity index (χ4v) is 3.20. The van der Waals surface area contributed by atoms with Crippen LogP contribution in [0.1, 0.15) is 44.5 Å². The molecule has 0 aliphatic carbocycles. The molecular formula is C24H29N3O2. The van der Waals surface area contributed by atoms with E-state index in [0.717, 1.165) is 29.0 Å². The standard InChI is InChI=1S/C24H29N3O2/c1-5-18(4)19-10-12-20(13-11-19)29-15-14-27-22-9-7-6-8-21(22)26-23(27)16-25-24(28)17(2)3/h6-13,18H,2,5,14-16H2,1,3-4H3,(H,25,28). The molecule has 5 heteroatoms. The minimum atomic E-state index is -0.166. The van der Waals surface area contributed by atoms with Gasteiger partial charge >= 0.3 is 0 Å². The predicted molar refractivity (Wildman–Crippen MR) is 117 cm³/mol. The maximum Gasteiger partial charge on any atom is 0.246 e. The largest absolute Gasteiger partial charge is 0.492 e. The van der Waals surface area contributed by atoms with Gasteiger partial charge in [-0.3, -0.25) is 4.79 Å².